The van der Waals surface area contributed by atoms with Crippen LogP contribution >= 0.6 is 28.3 Å². The molecule has 0 aromatic heterocycles. The van der Waals surface area contributed by atoms with E-state index in [-0.39, 0.29) is 23.3 Å². The van der Waals surface area contributed by atoms with Crippen LogP contribution in [0.4, 0.5) is 0 Å². The molecule has 8 heteroatoms. The molecule has 0 aliphatic carbocycles. The van der Waals surface area contributed by atoms with Gasteiger partial charge in [0.1, 0.15) is 5.75 Å². The molecule has 1 aromatic rings. The predicted octanol–water partition coefficient (Wildman–Crippen LogP) is 2.38. The normalized spacial score (nSPS) is 19.9. The van der Waals surface area contributed by atoms with E-state index in [9.17, 15) is 8.42 Å². The molecule has 21 heavy (non-hydrogen) atoms. The van der Waals surface area contributed by atoms with Gasteiger partial charge in [-0.2, -0.15) is 4.31 Å². The Morgan fingerprint density at radius 2 is 2.19 bits per heavy atom. The smallest absolute Gasteiger partial charge is 0.243 e. The van der Waals surface area contributed by atoms with Crippen molar-refractivity contribution in [3.8, 4) is 5.75 Å². The van der Waals surface area contributed by atoms with E-state index in [0.29, 0.717) is 29.9 Å². The molecule has 0 amide bonds. The molecule has 1 fully saturated rings. The molecular formula is C13H20BrClN2O3S. The lowest BCUT2D eigenvalue weighted by Crippen LogP contribution is -2.45. The summed E-state index contributed by atoms with van der Waals surface area (Å²) in [5.41, 5.74) is 5.86. The van der Waals surface area contributed by atoms with Gasteiger partial charge in [0.15, 0.2) is 0 Å². The maximum Gasteiger partial charge on any atom is 0.243 e. The molecule has 1 aliphatic heterocycles. The fraction of sp³-hybridized carbons (Fsp3) is 0.538. The highest BCUT2D eigenvalue weighted by molar-refractivity contribution is 9.10. The van der Waals surface area contributed by atoms with E-state index in [2.05, 4.69) is 15.9 Å². The van der Waals surface area contributed by atoms with Crippen molar-refractivity contribution >= 4 is 38.4 Å². The average molecular weight is 400 g/mol. The highest BCUT2D eigenvalue weighted by atomic mass is 79.9. The highest BCUT2D eigenvalue weighted by Crippen LogP contribution is 2.29. The topological polar surface area (TPSA) is 72.6 Å². The third-order valence-corrected chi connectivity index (χ3v) is 5.74. The number of benzene rings is 1. The first kappa shape index (κ1) is 18.7. The molecule has 120 valence electrons. The maximum absolute atomic E-state index is 12.6. The lowest BCUT2D eigenvalue weighted by Gasteiger charge is -2.29. The SMILES string of the molecule is CCOc1ccc(S(=O)(=O)N2CCCC(N)C2)cc1Br.Cl. The molecule has 1 heterocycles. The van der Waals surface area contributed by atoms with Crippen molar-refractivity contribution in [3.05, 3.63) is 22.7 Å². The molecule has 0 spiro atoms. The van der Waals surface area contributed by atoms with Gasteiger partial charge in [-0.25, -0.2) is 8.42 Å². The molecule has 2 N–H and O–H groups in total. The Labute approximate surface area is 140 Å². The van der Waals surface area contributed by atoms with E-state index in [4.69, 9.17) is 10.5 Å². The van der Waals surface area contributed by atoms with Gasteiger partial charge in [0.05, 0.1) is 16.0 Å². The van der Waals surface area contributed by atoms with Crippen molar-refractivity contribution < 1.29 is 13.2 Å². The van der Waals surface area contributed by atoms with Crippen LogP contribution in [0.2, 0.25) is 0 Å². The van der Waals surface area contributed by atoms with Crippen LogP contribution in [0.25, 0.3) is 0 Å². The molecule has 1 atom stereocenters. The number of sulfonamides is 1. The molecular weight excluding hydrogens is 380 g/mol. The second-order valence-electron chi connectivity index (χ2n) is 4.79. The van der Waals surface area contributed by atoms with Crippen molar-refractivity contribution in [2.24, 2.45) is 5.73 Å². The minimum Gasteiger partial charge on any atom is -0.493 e. The standard InChI is InChI=1S/C13H19BrN2O3S.ClH/c1-2-19-13-6-5-11(8-12(13)14)20(17,18)16-7-3-4-10(15)9-16;/h5-6,8,10H,2-4,7,9,15H2,1H3;1H. The summed E-state index contributed by atoms with van der Waals surface area (Å²) in [4.78, 5) is 0.266. The highest BCUT2D eigenvalue weighted by Gasteiger charge is 2.29. The Morgan fingerprint density at radius 1 is 1.48 bits per heavy atom. The van der Waals surface area contributed by atoms with Gasteiger partial charge in [-0.05, 0) is 53.9 Å². The first-order valence-electron chi connectivity index (χ1n) is 6.63. The summed E-state index contributed by atoms with van der Waals surface area (Å²) in [5, 5.41) is 0. The summed E-state index contributed by atoms with van der Waals surface area (Å²) >= 11 is 3.34. The van der Waals surface area contributed by atoms with Crippen LogP contribution in [0.15, 0.2) is 27.6 Å². The summed E-state index contributed by atoms with van der Waals surface area (Å²) in [5.74, 6) is 0.641. The number of nitrogens with two attached hydrogens (primary N) is 1. The Balaban J connectivity index is 0.00000220. The van der Waals surface area contributed by atoms with Gasteiger partial charge in [-0.1, -0.05) is 0 Å². The van der Waals surface area contributed by atoms with Crippen LogP contribution in [0.3, 0.4) is 0 Å². The van der Waals surface area contributed by atoms with Crippen LogP contribution in [-0.4, -0.2) is 38.5 Å². The third kappa shape index (κ3) is 4.32. The lowest BCUT2D eigenvalue weighted by molar-refractivity contribution is 0.316. The third-order valence-electron chi connectivity index (χ3n) is 3.26. The zero-order valence-corrected chi connectivity index (χ0v) is 15.0. The van der Waals surface area contributed by atoms with Crippen LogP contribution in [-0.2, 0) is 10.0 Å². The van der Waals surface area contributed by atoms with Crippen LogP contribution < -0.4 is 10.5 Å². The number of hydrogen-bond donors (Lipinski definition) is 1. The molecule has 1 saturated heterocycles. The van der Waals surface area contributed by atoms with E-state index < -0.39 is 10.0 Å². The largest absolute Gasteiger partial charge is 0.493 e. The molecule has 1 unspecified atom stereocenters. The van der Waals surface area contributed by atoms with Crippen LogP contribution in [0.5, 0.6) is 5.75 Å². The summed E-state index contributed by atoms with van der Waals surface area (Å²) in [6.07, 6.45) is 1.68. The zero-order valence-electron chi connectivity index (χ0n) is 11.8. The summed E-state index contributed by atoms with van der Waals surface area (Å²) in [6.45, 7) is 3.33. The second kappa shape index (κ2) is 7.78. The van der Waals surface area contributed by atoms with E-state index in [1.165, 1.54) is 4.31 Å². The Hall–Kier alpha value is -0.340. The van der Waals surface area contributed by atoms with Crippen molar-refractivity contribution in [1.29, 1.82) is 0 Å². The van der Waals surface area contributed by atoms with E-state index in [0.717, 1.165) is 12.8 Å². The van der Waals surface area contributed by atoms with Crippen molar-refractivity contribution in [2.75, 3.05) is 19.7 Å². The van der Waals surface area contributed by atoms with Gasteiger partial charge in [-0.3, -0.25) is 0 Å². The fourth-order valence-electron chi connectivity index (χ4n) is 2.26. The van der Waals surface area contributed by atoms with Gasteiger partial charge in [0.2, 0.25) is 10.0 Å². The quantitative estimate of drug-likeness (QED) is 0.843. The summed E-state index contributed by atoms with van der Waals surface area (Å²) < 4.78 is 32.6. The molecule has 0 bridgehead atoms. The molecule has 5 nitrogen and oxygen atoms in total. The monoisotopic (exact) mass is 398 g/mol. The fourth-order valence-corrected chi connectivity index (χ4v) is 4.46. The van der Waals surface area contributed by atoms with E-state index in [1.807, 2.05) is 6.92 Å². The maximum atomic E-state index is 12.6. The molecule has 0 radical (unpaired) electrons. The van der Waals surface area contributed by atoms with Gasteiger partial charge < -0.3 is 10.5 Å². The van der Waals surface area contributed by atoms with Crippen molar-refractivity contribution in [2.45, 2.75) is 30.7 Å². The number of nitrogens with zero attached hydrogens (tertiary/aromatic N) is 1. The number of ether oxygens (including phenoxy) is 1. The van der Waals surface area contributed by atoms with Crippen molar-refractivity contribution in [1.82, 2.24) is 4.31 Å². The molecule has 1 aliphatic rings. The first-order chi connectivity index (χ1) is 9.45. The number of hydrogen-bond acceptors (Lipinski definition) is 4. The second-order valence-corrected chi connectivity index (χ2v) is 7.58. The minimum absolute atomic E-state index is 0. The number of halogens is 2. The molecule has 1 aromatic carbocycles. The number of rotatable bonds is 4. The number of piperidine rings is 1. The van der Waals surface area contributed by atoms with Gasteiger partial charge >= 0.3 is 0 Å². The molecule has 0 saturated carbocycles. The predicted molar refractivity (Wildman–Crippen MR) is 88.5 cm³/mol. The Kier molecular flexibility index (Phi) is 6.93. The summed E-state index contributed by atoms with van der Waals surface area (Å²) in [7, 11) is -3.48. The Morgan fingerprint density at radius 3 is 2.76 bits per heavy atom. The average Bonchev–Trinajstić information content (AvgIpc) is 2.41. The van der Waals surface area contributed by atoms with Gasteiger partial charge in [-0.15, -0.1) is 12.4 Å². The van der Waals surface area contributed by atoms with Crippen LogP contribution in [0, 0.1) is 0 Å². The Bertz CT molecular complexity index is 583. The zero-order chi connectivity index (χ0) is 14.8. The van der Waals surface area contributed by atoms with E-state index >= 15 is 0 Å². The summed E-state index contributed by atoms with van der Waals surface area (Å²) in [6, 6.07) is 4.75. The minimum atomic E-state index is -3.48. The van der Waals surface area contributed by atoms with E-state index in [1.54, 1.807) is 18.2 Å². The van der Waals surface area contributed by atoms with Gasteiger partial charge in [0.25, 0.3) is 0 Å². The van der Waals surface area contributed by atoms with Gasteiger partial charge in [0, 0.05) is 19.1 Å². The molecule has 2 rings (SSSR count). The first-order valence-corrected chi connectivity index (χ1v) is 8.86. The lowest BCUT2D eigenvalue weighted by atomic mass is 10.1. The van der Waals surface area contributed by atoms with Crippen LogP contribution in [0.1, 0.15) is 19.8 Å². The van der Waals surface area contributed by atoms with Crippen molar-refractivity contribution in [3.63, 3.8) is 0 Å².